The first kappa shape index (κ1) is 3.72. The molecule has 0 fully saturated rings. The van der Waals surface area contributed by atoms with Crippen LogP contribution in [0.1, 0.15) is 25.3 Å². The number of benzene rings is 1. The monoisotopic (exact) mass is 154 g/mol. The quantitative estimate of drug-likeness (QED) is 0.659. The molecule has 0 aromatic heterocycles. The van der Waals surface area contributed by atoms with Gasteiger partial charge in [-0.25, -0.2) is 0 Å². The maximum Gasteiger partial charge on any atom is 0.0626 e. The van der Waals surface area contributed by atoms with Crippen LogP contribution in [0.25, 0.3) is 0 Å². The molecule has 1 aromatic carbocycles. The van der Waals surface area contributed by atoms with Gasteiger partial charge in [0, 0.05) is 0 Å². The topological polar surface area (TPSA) is 26.0 Å². The molecule has 0 aliphatic rings. The summed E-state index contributed by atoms with van der Waals surface area (Å²) < 4.78 is 37.7. The first-order valence-corrected chi connectivity index (χ1v) is 3.76. The van der Waals surface area contributed by atoms with Crippen molar-refractivity contribution >= 4 is 0 Å². The van der Waals surface area contributed by atoms with Crippen molar-refractivity contribution in [3.8, 4) is 0 Å². The molecule has 0 saturated heterocycles. The molecule has 1 nitrogen and oxygen atoms in total. The second kappa shape index (κ2) is 4.91. The van der Waals surface area contributed by atoms with Crippen LogP contribution in [0, 0.1) is 0 Å². The van der Waals surface area contributed by atoms with Gasteiger partial charge in [-0.3, -0.25) is 0 Å². The molecule has 0 bridgehead atoms. The molecule has 11 heavy (non-hydrogen) atoms. The van der Waals surface area contributed by atoms with E-state index in [1.807, 2.05) is 0 Å². The van der Waals surface area contributed by atoms with Crippen molar-refractivity contribution in [1.82, 2.24) is 0 Å². The third-order valence-electron chi connectivity index (χ3n) is 1.43. The highest BCUT2D eigenvalue weighted by atomic mass is 14.5. The summed E-state index contributed by atoms with van der Waals surface area (Å²) in [5, 5.41) is 0. The summed E-state index contributed by atoms with van der Waals surface area (Å²) in [6, 6.07) is -1.05. The average Bonchev–Trinajstić information content (AvgIpc) is 2.28. The van der Waals surface area contributed by atoms with Gasteiger partial charge in [0.15, 0.2) is 0 Å². The minimum absolute atomic E-state index is 0.0944. The lowest BCUT2D eigenvalue weighted by molar-refractivity contribution is 0.745. The molecule has 1 rings (SSSR count). The first-order valence-electron chi connectivity index (χ1n) is 6.26. The Labute approximate surface area is 75.3 Å². The van der Waals surface area contributed by atoms with E-state index in [0.29, 0.717) is 18.5 Å². The van der Waals surface area contributed by atoms with E-state index in [0.717, 1.165) is 12.8 Å². The first-order chi connectivity index (χ1) is 7.50. The molecule has 60 valence electrons. The fourth-order valence-electron chi connectivity index (χ4n) is 0.847. The Morgan fingerprint density at radius 2 is 1.91 bits per heavy atom. The van der Waals surface area contributed by atoms with Crippen molar-refractivity contribution in [2.24, 2.45) is 5.73 Å². The minimum atomic E-state index is -0.336. The van der Waals surface area contributed by atoms with Gasteiger partial charge in [0.2, 0.25) is 0 Å². The highest BCUT2D eigenvalue weighted by molar-refractivity contribution is 5.14. The summed E-state index contributed by atoms with van der Waals surface area (Å²) in [7, 11) is 0. The van der Waals surface area contributed by atoms with Crippen molar-refractivity contribution in [3.05, 3.63) is 35.8 Å². The van der Waals surface area contributed by atoms with Crippen molar-refractivity contribution < 1.29 is 6.85 Å². The van der Waals surface area contributed by atoms with Crippen LogP contribution in [0.4, 0.5) is 0 Å². The van der Waals surface area contributed by atoms with Gasteiger partial charge in [0.05, 0.1) is 6.85 Å². The molecule has 1 aromatic rings. The summed E-state index contributed by atoms with van der Waals surface area (Å²) in [5.74, 6) is 0. The smallest absolute Gasteiger partial charge is 0.0626 e. The zero-order valence-corrected chi connectivity index (χ0v) is 6.41. The Morgan fingerprint density at radius 1 is 1.18 bits per heavy atom. The summed E-state index contributed by atoms with van der Waals surface area (Å²) in [6.45, 7) is 0.554. The molecule has 0 heterocycles. The van der Waals surface area contributed by atoms with Crippen LogP contribution >= 0.6 is 0 Å². The third kappa shape index (κ3) is 3.19. The zero-order valence-electron chi connectivity index (χ0n) is 11.4. The largest absolute Gasteiger partial charge is 0.330 e. The Kier molecular flexibility index (Phi) is 1.66. The molecular weight excluding hydrogens is 134 g/mol. The van der Waals surface area contributed by atoms with Crippen LogP contribution in [-0.4, -0.2) is 6.54 Å². The predicted molar refractivity (Wildman–Crippen MR) is 48.4 cm³/mol. The van der Waals surface area contributed by atoms with Crippen molar-refractivity contribution in [2.75, 3.05) is 6.54 Å². The molecule has 0 amide bonds. The van der Waals surface area contributed by atoms with Gasteiger partial charge in [-0.1, -0.05) is 30.2 Å². The van der Waals surface area contributed by atoms with E-state index in [2.05, 4.69) is 0 Å². The molecule has 0 aliphatic heterocycles. The molecule has 0 atom stereocenters. The van der Waals surface area contributed by atoms with E-state index in [9.17, 15) is 0 Å². The summed E-state index contributed by atoms with van der Waals surface area (Å²) >= 11 is 0. The lowest BCUT2D eigenvalue weighted by atomic mass is 10.1. The van der Waals surface area contributed by atoms with Crippen LogP contribution in [0.3, 0.4) is 0 Å². The normalized spacial score (nSPS) is 16.3. The number of hydrogen-bond donors (Lipinski definition) is 1. The maximum atomic E-state index is 7.67. The highest BCUT2D eigenvalue weighted by Gasteiger charge is 1.89. The second-order valence-corrected chi connectivity index (χ2v) is 2.35. The fraction of sp³-hybridized carbons (Fsp3) is 0.400. The van der Waals surface area contributed by atoms with E-state index >= 15 is 0 Å². The average molecular weight is 154 g/mol. The number of unbranched alkanes of at least 4 members (excludes halogenated alkanes) is 1. The number of nitrogens with two attached hydrogens (primary N) is 1. The van der Waals surface area contributed by atoms with Gasteiger partial charge in [0.25, 0.3) is 0 Å². The number of rotatable bonds is 4. The van der Waals surface area contributed by atoms with E-state index < -0.39 is 0 Å². The summed E-state index contributed by atoms with van der Waals surface area (Å²) in [6.07, 6.45) is 2.01. The minimum Gasteiger partial charge on any atom is -0.330 e. The van der Waals surface area contributed by atoms with Crippen molar-refractivity contribution in [1.29, 1.82) is 0 Å². The number of hydrogen-bond acceptors (Lipinski definition) is 1. The van der Waals surface area contributed by atoms with Gasteiger partial charge < -0.3 is 5.73 Å². The van der Waals surface area contributed by atoms with Gasteiger partial charge in [-0.15, -0.1) is 0 Å². The molecule has 0 unspecified atom stereocenters. The second-order valence-electron chi connectivity index (χ2n) is 2.35. The van der Waals surface area contributed by atoms with Crippen LogP contribution in [0.15, 0.2) is 30.2 Å². The fourth-order valence-corrected chi connectivity index (χ4v) is 0.847. The Hall–Kier alpha value is -0.820. The summed E-state index contributed by atoms with van der Waals surface area (Å²) in [4.78, 5) is 0. The molecule has 0 saturated carbocycles. The van der Waals surface area contributed by atoms with Crippen molar-refractivity contribution in [2.45, 2.75) is 19.3 Å². The van der Waals surface area contributed by atoms with Crippen LogP contribution in [0.5, 0.6) is 0 Å². The van der Waals surface area contributed by atoms with E-state index in [-0.39, 0.29) is 30.2 Å². The molecular formula is C10H15N. The van der Waals surface area contributed by atoms with Gasteiger partial charge >= 0.3 is 0 Å². The highest BCUT2D eigenvalue weighted by Crippen LogP contribution is 2.03. The van der Waals surface area contributed by atoms with E-state index in [4.69, 9.17) is 12.6 Å². The Morgan fingerprint density at radius 3 is 2.55 bits per heavy atom. The lowest BCUT2D eigenvalue weighted by Gasteiger charge is -1.98. The van der Waals surface area contributed by atoms with Crippen LogP contribution in [0.2, 0.25) is 0 Å². The lowest BCUT2D eigenvalue weighted by Crippen LogP contribution is -1.98. The van der Waals surface area contributed by atoms with Crippen LogP contribution in [-0.2, 0) is 6.42 Å². The van der Waals surface area contributed by atoms with Gasteiger partial charge in [-0.2, -0.15) is 0 Å². The molecule has 1 heteroatoms. The zero-order chi connectivity index (χ0) is 12.3. The van der Waals surface area contributed by atoms with E-state index in [1.54, 1.807) is 0 Å². The summed E-state index contributed by atoms with van der Waals surface area (Å²) in [5.41, 5.74) is 5.74. The predicted octanol–water partition coefficient (Wildman–Crippen LogP) is 1.97. The third-order valence-corrected chi connectivity index (χ3v) is 1.43. The molecule has 0 radical (unpaired) electrons. The SMILES string of the molecule is [2H]c1c([2H])c([2H])c(CCCCN)c([2H])c1[2H]. The standard InChI is InChI=1S/C10H15N/c11-9-5-4-8-10-6-2-1-3-7-10/h1-3,6-7H,4-5,8-9,11H2/i1D,2D,3D,6D,7D. The molecule has 0 spiro atoms. The molecule has 2 N–H and O–H groups in total. The Bertz CT molecular complexity index is 362. The van der Waals surface area contributed by atoms with Crippen LogP contribution < -0.4 is 5.73 Å². The van der Waals surface area contributed by atoms with E-state index in [1.165, 1.54) is 0 Å². The van der Waals surface area contributed by atoms with Crippen molar-refractivity contribution in [3.63, 3.8) is 0 Å². The maximum absolute atomic E-state index is 7.67. The van der Waals surface area contributed by atoms with Gasteiger partial charge in [0.1, 0.15) is 0 Å². The molecule has 0 aliphatic carbocycles. The van der Waals surface area contributed by atoms with Gasteiger partial charge in [-0.05, 0) is 31.4 Å². The Balaban J connectivity index is 3.08.